The van der Waals surface area contributed by atoms with E-state index in [1.165, 1.54) is 0 Å². The largest absolute Gasteiger partial charge is 0.345 e. The number of nitrogens with one attached hydrogen (secondary N) is 1. The number of thioether (sulfide) groups is 1. The van der Waals surface area contributed by atoms with Gasteiger partial charge < -0.3 is 5.32 Å². The van der Waals surface area contributed by atoms with Crippen molar-refractivity contribution < 1.29 is 4.79 Å². The van der Waals surface area contributed by atoms with Crippen LogP contribution < -0.4 is 5.32 Å². The van der Waals surface area contributed by atoms with Crippen LogP contribution in [0.25, 0.3) is 5.69 Å². The number of halogens is 2. The van der Waals surface area contributed by atoms with Crippen molar-refractivity contribution in [3.63, 3.8) is 0 Å². The number of amides is 1. The maximum atomic E-state index is 12.3. The molecule has 1 heterocycles. The molecular formula is C19H18Cl2N4OS. The predicted octanol–water partition coefficient (Wildman–Crippen LogP) is 5.01. The second-order valence-corrected chi connectivity index (χ2v) is 7.61. The molecule has 3 rings (SSSR count). The van der Waals surface area contributed by atoms with E-state index in [1.54, 1.807) is 36.0 Å². The lowest BCUT2D eigenvalue weighted by Gasteiger charge is -2.11. The zero-order valence-electron chi connectivity index (χ0n) is 14.7. The van der Waals surface area contributed by atoms with Gasteiger partial charge in [0.1, 0.15) is 0 Å². The third-order valence-corrected chi connectivity index (χ3v) is 5.61. The fourth-order valence-electron chi connectivity index (χ4n) is 2.44. The molecule has 0 aliphatic rings. The summed E-state index contributed by atoms with van der Waals surface area (Å²) in [5.41, 5.74) is 1.40. The molecule has 27 heavy (non-hydrogen) atoms. The Labute approximate surface area is 172 Å². The number of aromatic nitrogens is 3. The molecule has 1 aromatic heterocycles. The molecule has 0 fully saturated rings. The molecule has 0 unspecified atom stereocenters. The van der Waals surface area contributed by atoms with Gasteiger partial charge in [-0.25, -0.2) is 0 Å². The van der Waals surface area contributed by atoms with E-state index in [-0.39, 0.29) is 12.5 Å². The van der Waals surface area contributed by atoms with E-state index in [9.17, 15) is 4.79 Å². The first-order valence-electron chi connectivity index (χ1n) is 8.46. The fraction of sp³-hybridized carbons (Fsp3) is 0.211. The maximum absolute atomic E-state index is 12.3. The average molecular weight is 421 g/mol. The Morgan fingerprint density at radius 3 is 2.59 bits per heavy atom. The molecule has 0 radical (unpaired) electrons. The molecule has 0 spiro atoms. The highest BCUT2D eigenvalue weighted by molar-refractivity contribution is 7.99. The Bertz CT molecular complexity index is 931. The summed E-state index contributed by atoms with van der Waals surface area (Å²) < 4.78 is 1.90. The van der Waals surface area contributed by atoms with Gasteiger partial charge in [-0.05, 0) is 36.8 Å². The number of benzene rings is 2. The van der Waals surface area contributed by atoms with Crippen molar-refractivity contribution in [1.29, 1.82) is 0 Å². The second kappa shape index (κ2) is 9.26. The number of carbonyl (C=O) groups excluding carboxylic acids is 1. The zero-order chi connectivity index (χ0) is 19.2. The summed E-state index contributed by atoms with van der Waals surface area (Å²) in [6, 6.07) is 14.4. The standard InChI is InChI=1S/C19H18Cl2N4OS/c1-2-10-27-19-24-23-17(12-22-18(26)13-6-4-3-5-7-13)25(19)14-8-9-15(20)16(21)11-14/h3-9,11H,2,10,12H2,1H3,(H,22,26). The van der Waals surface area contributed by atoms with E-state index < -0.39 is 0 Å². The molecule has 0 saturated heterocycles. The topological polar surface area (TPSA) is 59.8 Å². The first-order valence-corrected chi connectivity index (χ1v) is 10.2. The minimum atomic E-state index is -0.165. The lowest BCUT2D eigenvalue weighted by atomic mass is 10.2. The summed E-state index contributed by atoms with van der Waals surface area (Å²) in [5, 5.41) is 13.1. The van der Waals surface area contributed by atoms with E-state index in [4.69, 9.17) is 23.2 Å². The highest BCUT2D eigenvalue weighted by atomic mass is 35.5. The van der Waals surface area contributed by atoms with Crippen LogP contribution in [-0.2, 0) is 6.54 Å². The Balaban J connectivity index is 1.87. The molecule has 2 aromatic carbocycles. The quantitative estimate of drug-likeness (QED) is 0.545. The summed E-state index contributed by atoms with van der Waals surface area (Å²) in [4.78, 5) is 12.3. The first kappa shape index (κ1) is 19.7. The van der Waals surface area contributed by atoms with Gasteiger partial charge in [0.05, 0.1) is 22.3 Å². The van der Waals surface area contributed by atoms with E-state index in [1.807, 2.05) is 28.8 Å². The number of carbonyl (C=O) groups is 1. The van der Waals surface area contributed by atoms with E-state index >= 15 is 0 Å². The second-order valence-electron chi connectivity index (χ2n) is 5.73. The van der Waals surface area contributed by atoms with Crippen molar-refractivity contribution >= 4 is 40.9 Å². The SMILES string of the molecule is CCCSc1nnc(CNC(=O)c2ccccc2)n1-c1ccc(Cl)c(Cl)c1. The molecule has 1 amide bonds. The maximum Gasteiger partial charge on any atom is 0.251 e. The first-order chi connectivity index (χ1) is 13.1. The van der Waals surface area contributed by atoms with Gasteiger partial charge in [-0.2, -0.15) is 0 Å². The Morgan fingerprint density at radius 2 is 1.89 bits per heavy atom. The summed E-state index contributed by atoms with van der Waals surface area (Å²) in [7, 11) is 0. The lowest BCUT2D eigenvalue weighted by Crippen LogP contribution is -2.24. The minimum Gasteiger partial charge on any atom is -0.345 e. The van der Waals surface area contributed by atoms with Crippen LogP contribution in [0.15, 0.2) is 53.7 Å². The van der Waals surface area contributed by atoms with Crippen molar-refractivity contribution in [2.45, 2.75) is 25.0 Å². The smallest absolute Gasteiger partial charge is 0.251 e. The highest BCUT2D eigenvalue weighted by Crippen LogP contribution is 2.28. The van der Waals surface area contributed by atoms with Crippen molar-refractivity contribution in [3.05, 3.63) is 70.0 Å². The lowest BCUT2D eigenvalue weighted by molar-refractivity contribution is 0.0949. The molecular weight excluding hydrogens is 403 g/mol. The van der Waals surface area contributed by atoms with Crippen LogP contribution in [0.4, 0.5) is 0 Å². The molecule has 0 atom stereocenters. The van der Waals surface area contributed by atoms with Crippen LogP contribution in [0.1, 0.15) is 29.5 Å². The molecule has 3 aromatic rings. The Morgan fingerprint density at radius 1 is 1.11 bits per heavy atom. The number of rotatable bonds is 7. The minimum absolute atomic E-state index is 0.165. The molecule has 0 bridgehead atoms. The van der Waals surface area contributed by atoms with Crippen molar-refractivity contribution in [2.24, 2.45) is 0 Å². The van der Waals surface area contributed by atoms with Gasteiger partial charge in [-0.1, -0.05) is 60.1 Å². The van der Waals surface area contributed by atoms with Crippen LogP contribution in [0.2, 0.25) is 10.0 Å². The molecule has 0 aliphatic heterocycles. The van der Waals surface area contributed by atoms with Crippen LogP contribution in [0.5, 0.6) is 0 Å². The van der Waals surface area contributed by atoms with Gasteiger partial charge in [0.25, 0.3) is 5.91 Å². The Kier molecular flexibility index (Phi) is 6.77. The van der Waals surface area contributed by atoms with Gasteiger partial charge in [0.15, 0.2) is 11.0 Å². The number of hydrogen-bond acceptors (Lipinski definition) is 4. The zero-order valence-corrected chi connectivity index (χ0v) is 17.0. The van der Waals surface area contributed by atoms with Gasteiger partial charge in [0.2, 0.25) is 0 Å². The number of hydrogen-bond donors (Lipinski definition) is 1. The van der Waals surface area contributed by atoms with Crippen molar-refractivity contribution in [1.82, 2.24) is 20.1 Å². The molecule has 140 valence electrons. The van der Waals surface area contributed by atoms with Crippen LogP contribution in [-0.4, -0.2) is 26.4 Å². The normalized spacial score (nSPS) is 10.8. The third kappa shape index (κ3) is 4.83. The summed E-state index contributed by atoms with van der Waals surface area (Å²) >= 11 is 13.8. The average Bonchev–Trinajstić information content (AvgIpc) is 3.10. The molecule has 0 aliphatic carbocycles. The monoisotopic (exact) mass is 420 g/mol. The van der Waals surface area contributed by atoms with Crippen molar-refractivity contribution in [3.8, 4) is 5.69 Å². The van der Waals surface area contributed by atoms with Gasteiger partial charge in [-0.15, -0.1) is 10.2 Å². The molecule has 0 saturated carbocycles. The van der Waals surface area contributed by atoms with E-state index in [2.05, 4.69) is 22.4 Å². The summed E-state index contributed by atoms with van der Waals surface area (Å²) in [6.45, 7) is 2.35. The van der Waals surface area contributed by atoms with Crippen LogP contribution in [0.3, 0.4) is 0 Å². The molecule has 1 N–H and O–H groups in total. The van der Waals surface area contributed by atoms with E-state index in [0.29, 0.717) is 21.4 Å². The van der Waals surface area contributed by atoms with Gasteiger partial charge >= 0.3 is 0 Å². The Hall–Kier alpha value is -2.02. The predicted molar refractivity (Wildman–Crippen MR) is 110 cm³/mol. The molecule has 5 nitrogen and oxygen atoms in total. The molecule has 8 heteroatoms. The van der Waals surface area contributed by atoms with Crippen LogP contribution >= 0.6 is 35.0 Å². The summed E-state index contributed by atoms with van der Waals surface area (Å²) in [5.74, 6) is 1.37. The fourth-order valence-corrected chi connectivity index (χ4v) is 3.55. The van der Waals surface area contributed by atoms with Crippen LogP contribution in [0, 0.1) is 0 Å². The third-order valence-electron chi connectivity index (χ3n) is 3.74. The van der Waals surface area contributed by atoms with Gasteiger partial charge in [-0.3, -0.25) is 9.36 Å². The van der Waals surface area contributed by atoms with E-state index in [0.717, 1.165) is 23.0 Å². The van der Waals surface area contributed by atoms with Gasteiger partial charge in [0, 0.05) is 11.3 Å². The summed E-state index contributed by atoms with van der Waals surface area (Å²) in [6.07, 6.45) is 1.01. The van der Waals surface area contributed by atoms with Crippen molar-refractivity contribution in [2.75, 3.05) is 5.75 Å². The number of nitrogens with zero attached hydrogens (tertiary/aromatic N) is 3. The highest BCUT2D eigenvalue weighted by Gasteiger charge is 2.16.